The Morgan fingerprint density at radius 1 is 1.07 bits per heavy atom. The number of piperidine rings is 1. The van der Waals surface area contributed by atoms with E-state index in [9.17, 15) is 9.59 Å². The molecule has 2 aliphatic heterocycles. The van der Waals surface area contributed by atoms with Crippen LogP contribution in [0, 0.1) is 5.92 Å². The molecule has 11 heteroatoms. The third-order valence-corrected chi connectivity index (χ3v) is 9.13. The zero-order valence-electron chi connectivity index (χ0n) is 27.0. The second-order valence-corrected chi connectivity index (χ2v) is 13.1. The summed E-state index contributed by atoms with van der Waals surface area (Å²) >= 11 is 0. The zero-order chi connectivity index (χ0) is 32.1. The van der Waals surface area contributed by atoms with Gasteiger partial charge in [0.1, 0.15) is 18.1 Å². The third kappa shape index (κ3) is 7.47. The van der Waals surface area contributed by atoms with Crippen LogP contribution in [-0.4, -0.2) is 95.9 Å². The van der Waals surface area contributed by atoms with Crippen LogP contribution in [0.15, 0.2) is 54.9 Å². The Kier molecular flexibility index (Phi) is 9.79. The molecule has 2 aromatic carbocycles. The maximum atomic E-state index is 14.2. The molecule has 46 heavy (non-hydrogen) atoms. The summed E-state index contributed by atoms with van der Waals surface area (Å²) in [6.45, 7) is 9.47. The van der Waals surface area contributed by atoms with E-state index in [0.29, 0.717) is 45.1 Å². The molecule has 0 spiro atoms. The Balaban J connectivity index is 1.14. The lowest BCUT2D eigenvalue weighted by molar-refractivity contribution is -0.146. The molecule has 1 aliphatic carbocycles. The van der Waals surface area contributed by atoms with Gasteiger partial charge in [-0.1, -0.05) is 18.2 Å². The maximum absolute atomic E-state index is 14.2. The van der Waals surface area contributed by atoms with Gasteiger partial charge in [0, 0.05) is 87.5 Å². The number of piperazine rings is 1. The smallest absolute Gasteiger partial charge is 0.266 e. The Morgan fingerprint density at radius 3 is 2.63 bits per heavy atom. The molecule has 3 aliphatic rings. The standard InChI is InChI=1S/C35H47N7O4/c1-35(2,34(44)40-16-13-37-14-17-40)46-31-7-3-6-30(20-31)41-15-4-5-27(23-41)33(43)42(29-10-11-29)24-26-9-8-25(28-21-38-39-22-28)19-32(26)45-18-12-36/h3,6-9,19-22,27,29,37H,4-5,10-18,23-24,36H2,1-2H3,(H,38,39)/t27-/m1/s1. The molecule has 1 aromatic heterocycles. The number of rotatable bonds is 12. The number of nitrogens with one attached hydrogen (secondary N) is 2. The third-order valence-electron chi connectivity index (χ3n) is 9.13. The van der Waals surface area contributed by atoms with Gasteiger partial charge in [0.15, 0.2) is 5.60 Å². The summed E-state index contributed by atoms with van der Waals surface area (Å²) in [4.78, 5) is 33.6. The molecule has 3 fully saturated rings. The molecule has 3 aromatic rings. The van der Waals surface area contributed by atoms with Crippen molar-refractivity contribution in [3.63, 3.8) is 0 Å². The first kappa shape index (κ1) is 31.9. The molecule has 0 radical (unpaired) electrons. The average molecular weight is 630 g/mol. The van der Waals surface area contributed by atoms with Gasteiger partial charge in [0.25, 0.3) is 5.91 Å². The molecule has 1 saturated carbocycles. The second-order valence-electron chi connectivity index (χ2n) is 13.1. The number of carbonyl (C=O) groups excluding carboxylic acids is 2. The minimum absolute atomic E-state index is 0.00379. The molecule has 246 valence electrons. The summed E-state index contributed by atoms with van der Waals surface area (Å²) in [6.07, 6.45) is 7.47. The highest BCUT2D eigenvalue weighted by atomic mass is 16.5. The van der Waals surface area contributed by atoms with Crippen molar-refractivity contribution in [2.45, 2.75) is 57.7 Å². The van der Waals surface area contributed by atoms with Gasteiger partial charge < -0.3 is 35.2 Å². The lowest BCUT2D eigenvalue weighted by Crippen LogP contribution is -2.54. The fourth-order valence-electron chi connectivity index (χ4n) is 6.51. The predicted molar refractivity (Wildman–Crippen MR) is 178 cm³/mol. The van der Waals surface area contributed by atoms with Crippen molar-refractivity contribution >= 4 is 17.5 Å². The van der Waals surface area contributed by atoms with Crippen molar-refractivity contribution in [1.82, 2.24) is 25.3 Å². The number of ether oxygens (including phenoxy) is 2. The normalized spacial score (nSPS) is 18.7. The zero-order valence-corrected chi connectivity index (χ0v) is 27.0. The van der Waals surface area contributed by atoms with Crippen LogP contribution < -0.4 is 25.4 Å². The fourth-order valence-corrected chi connectivity index (χ4v) is 6.51. The quantitative estimate of drug-likeness (QED) is 0.278. The monoisotopic (exact) mass is 629 g/mol. The highest BCUT2D eigenvalue weighted by Gasteiger charge is 2.38. The van der Waals surface area contributed by atoms with Crippen LogP contribution in [0.2, 0.25) is 0 Å². The van der Waals surface area contributed by atoms with E-state index in [-0.39, 0.29) is 23.8 Å². The van der Waals surface area contributed by atoms with E-state index in [2.05, 4.69) is 43.5 Å². The van der Waals surface area contributed by atoms with Gasteiger partial charge in [-0.25, -0.2) is 0 Å². The van der Waals surface area contributed by atoms with Gasteiger partial charge in [0.05, 0.1) is 12.1 Å². The number of H-pyrrole nitrogens is 1. The summed E-state index contributed by atoms with van der Waals surface area (Å²) < 4.78 is 12.4. The summed E-state index contributed by atoms with van der Waals surface area (Å²) in [5, 5.41) is 10.2. The second kappa shape index (κ2) is 14.1. The topological polar surface area (TPSA) is 129 Å². The van der Waals surface area contributed by atoms with Crippen LogP contribution in [0.3, 0.4) is 0 Å². The Labute approximate surface area is 271 Å². The van der Waals surface area contributed by atoms with Crippen molar-refractivity contribution in [3.05, 3.63) is 60.4 Å². The maximum Gasteiger partial charge on any atom is 0.266 e. The minimum Gasteiger partial charge on any atom is -0.492 e. The number of anilines is 1. The van der Waals surface area contributed by atoms with Crippen molar-refractivity contribution in [1.29, 1.82) is 0 Å². The number of carbonyl (C=O) groups is 2. The van der Waals surface area contributed by atoms with E-state index >= 15 is 0 Å². The minimum atomic E-state index is -0.982. The summed E-state index contributed by atoms with van der Waals surface area (Å²) in [5.74, 6) is 1.50. The number of aromatic nitrogens is 2. The van der Waals surface area contributed by atoms with Crippen LogP contribution in [0.1, 0.15) is 45.1 Å². The van der Waals surface area contributed by atoms with Crippen molar-refractivity contribution < 1.29 is 19.1 Å². The fraction of sp³-hybridized carbons (Fsp3) is 0.514. The molecule has 2 amide bonds. The summed E-state index contributed by atoms with van der Waals surface area (Å²) in [5.41, 5.74) is 8.76. The lowest BCUT2D eigenvalue weighted by Gasteiger charge is -2.37. The first-order valence-corrected chi connectivity index (χ1v) is 16.6. The molecule has 3 heterocycles. The van der Waals surface area contributed by atoms with Gasteiger partial charge in [-0.15, -0.1) is 0 Å². The molecular weight excluding hydrogens is 582 g/mol. The molecule has 11 nitrogen and oxygen atoms in total. The van der Waals surface area contributed by atoms with Crippen LogP contribution in [-0.2, 0) is 16.1 Å². The number of nitrogens with two attached hydrogens (primary N) is 1. The van der Waals surface area contributed by atoms with Crippen molar-refractivity contribution in [2.75, 3.05) is 57.3 Å². The molecule has 1 atom stereocenters. The SMILES string of the molecule is CC(C)(Oc1cccc(N2CCC[C@@H](C(=O)N(Cc3ccc(-c4cn[nH]c4)cc3OCCN)C3CC3)C2)c1)C(=O)N1CCNCC1. The first-order chi connectivity index (χ1) is 22.3. The highest BCUT2D eigenvalue weighted by molar-refractivity contribution is 5.85. The molecule has 6 rings (SSSR count). The number of benzene rings is 2. The van der Waals surface area contributed by atoms with E-state index in [0.717, 1.165) is 73.4 Å². The number of aromatic amines is 1. The highest BCUT2D eigenvalue weighted by Crippen LogP contribution is 2.36. The number of amides is 2. The Bertz CT molecular complexity index is 1480. The van der Waals surface area contributed by atoms with Gasteiger partial charge in [-0.2, -0.15) is 5.10 Å². The van der Waals surface area contributed by atoms with Crippen molar-refractivity contribution in [2.24, 2.45) is 11.7 Å². The molecule has 0 bridgehead atoms. The Hall–Kier alpha value is -4.09. The predicted octanol–water partition coefficient (Wildman–Crippen LogP) is 3.41. The number of nitrogens with zero attached hydrogens (tertiary/aromatic N) is 4. The molecule has 2 saturated heterocycles. The van der Waals surface area contributed by atoms with E-state index in [1.165, 1.54) is 0 Å². The lowest BCUT2D eigenvalue weighted by atomic mass is 9.95. The van der Waals surface area contributed by atoms with E-state index < -0.39 is 5.60 Å². The summed E-state index contributed by atoms with van der Waals surface area (Å²) in [6, 6.07) is 14.3. The van der Waals surface area contributed by atoms with E-state index in [1.54, 1.807) is 6.20 Å². The van der Waals surface area contributed by atoms with E-state index in [4.69, 9.17) is 15.2 Å². The van der Waals surface area contributed by atoms with Gasteiger partial charge in [-0.05, 0) is 63.3 Å². The number of hydrogen-bond acceptors (Lipinski definition) is 8. The van der Waals surface area contributed by atoms with E-state index in [1.807, 2.05) is 49.2 Å². The van der Waals surface area contributed by atoms with Gasteiger partial charge in [-0.3, -0.25) is 14.7 Å². The van der Waals surface area contributed by atoms with Crippen LogP contribution in [0.25, 0.3) is 11.1 Å². The van der Waals surface area contributed by atoms with Gasteiger partial charge in [0.2, 0.25) is 5.91 Å². The average Bonchev–Trinajstić information content (AvgIpc) is 3.78. The van der Waals surface area contributed by atoms with Crippen LogP contribution in [0.4, 0.5) is 5.69 Å². The van der Waals surface area contributed by atoms with Crippen LogP contribution in [0.5, 0.6) is 11.5 Å². The van der Waals surface area contributed by atoms with Crippen LogP contribution >= 0.6 is 0 Å². The van der Waals surface area contributed by atoms with Crippen molar-refractivity contribution in [3.8, 4) is 22.6 Å². The molecule has 0 unspecified atom stereocenters. The molecular formula is C35H47N7O4. The first-order valence-electron chi connectivity index (χ1n) is 16.6. The largest absolute Gasteiger partial charge is 0.492 e. The Morgan fingerprint density at radius 2 is 1.89 bits per heavy atom. The number of hydrogen-bond donors (Lipinski definition) is 3. The molecule has 4 N–H and O–H groups in total. The van der Waals surface area contributed by atoms with Gasteiger partial charge >= 0.3 is 0 Å². The summed E-state index contributed by atoms with van der Waals surface area (Å²) in [7, 11) is 0.